The Hall–Kier alpha value is 2.81. The first-order chi connectivity index (χ1) is 15.0. The minimum atomic E-state index is -4.38. The number of rotatable bonds is 5. The van der Waals surface area contributed by atoms with Gasteiger partial charge in [0.2, 0.25) is 0 Å². The summed E-state index contributed by atoms with van der Waals surface area (Å²) in [5, 5.41) is 3.58. The maximum atomic E-state index is 11.3. The van der Waals surface area contributed by atoms with Gasteiger partial charge in [-0.2, -0.15) is 0 Å². The second kappa shape index (κ2) is 54.0. The van der Waals surface area contributed by atoms with Gasteiger partial charge in [-0.1, -0.05) is 0 Å². The Balaban J connectivity index is -0.0000000350. The van der Waals surface area contributed by atoms with Gasteiger partial charge in [-0.3, -0.25) is 0 Å². The minimum Gasteiger partial charge on any atom is -0.133 e. The van der Waals surface area contributed by atoms with E-state index in [1.165, 1.54) is 0 Å². The molecule has 34 heteroatoms. The van der Waals surface area contributed by atoms with Crippen molar-refractivity contribution in [3.8, 4) is 0 Å². The van der Waals surface area contributed by atoms with E-state index in [1.54, 1.807) is 10.2 Å². The molecule has 0 atom stereocenters. The van der Waals surface area contributed by atoms with Gasteiger partial charge in [0.05, 0.1) is 13.1 Å². The number of hydrogen-bond acceptors (Lipinski definition) is 2. The Morgan fingerprint density at radius 2 is 0.361 bits per heavy atom. The molecule has 0 saturated carbocycles. The summed E-state index contributed by atoms with van der Waals surface area (Å²) < 4.78 is 221. The molecular formula is C2H14F22N2Ni2P8+8. The van der Waals surface area contributed by atoms with Crippen LogP contribution in [0.25, 0.3) is 0 Å². The summed E-state index contributed by atoms with van der Waals surface area (Å²) in [6.45, 7) is -0.188. The monoisotopic (exact) mass is 848 g/mol. The molecule has 0 heterocycles. The van der Waals surface area contributed by atoms with Gasteiger partial charge in [0.1, 0.15) is 0 Å². The molecule has 0 aromatic carbocycles. The number of hydrogen-bond donors (Lipinski definition) is 2. The number of halogens is 22. The average Bonchev–Trinajstić information content (AvgIpc) is 2.47. The van der Waals surface area contributed by atoms with Crippen LogP contribution in [0.3, 0.4) is 0 Å². The van der Waals surface area contributed by atoms with Gasteiger partial charge in [0.25, 0.3) is 0 Å². The van der Waals surface area contributed by atoms with E-state index in [1.807, 2.05) is 0 Å². The van der Waals surface area contributed by atoms with Crippen LogP contribution < -0.4 is 10.2 Å². The molecule has 0 spiro atoms. The number of nitrogens with one attached hydrogen (secondary N) is 2. The van der Waals surface area contributed by atoms with Crippen molar-refractivity contribution in [3.63, 3.8) is 0 Å². The molecule has 0 aliphatic rings. The molecule has 0 fully saturated rings. The smallest absolute Gasteiger partial charge is 0.133 e. The molecule has 0 saturated heterocycles. The Bertz CT molecular complexity index is 238. The van der Waals surface area contributed by atoms with Crippen LogP contribution in [0.4, 0.5) is 92.3 Å². The van der Waals surface area contributed by atoms with Gasteiger partial charge in [0, 0.05) is 109 Å². The zero-order valence-corrected chi connectivity index (χ0v) is 25.3. The van der Waals surface area contributed by atoms with Gasteiger partial charge < -0.3 is 0 Å². The molecule has 0 aromatic heterocycles. The average molecular weight is 849 g/mol. The van der Waals surface area contributed by atoms with Crippen molar-refractivity contribution >= 4 is 70.5 Å². The molecule has 0 rings (SSSR count). The van der Waals surface area contributed by atoms with Crippen LogP contribution in [0, 0.1) is 0 Å². The van der Waals surface area contributed by atoms with Gasteiger partial charge in [-0.05, 0) is 16.8 Å². The van der Waals surface area contributed by atoms with Crippen LogP contribution in [0.2, 0.25) is 0 Å². The van der Waals surface area contributed by atoms with E-state index in [0.29, 0.717) is 0 Å². The van der Waals surface area contributed by atoms with E-state index >= 15 is 0 Å². The molecule has 238 valence electrons. The standard InChI is InChI=1S/C2H6F4N2P2.6F3HP.2Ni/c3-9(4)7-1-2-8-10(5)6;6*1-4(2)3;;/h7-8H,1-2H2;6*4H;;/q;6*+1;;/p+2. The summed E-state index contributed by atoms with van der Waals surface area (Å²) in [7, 11) is -33.2. The summed E-state index contributed by atoms with van der Waals surface area (Å²) in [5.74, 6) is 0. The van der Waals surface area contributed by atoms with Gasteiger partial charge in [-0.25, -0.2) is 0 Å². The predicted molar refractivity (Wildman–Crippen MR) is 107 cm³/mol. The molecule has 0 aliphatic heterocycles. The second-order valence-corrected chi connectivity index (χ2v) is 6.98. The minimum absolute atomic E-state index is 0. The van der Waals surface area contributed by atoms with Gasteiger partial charge in [-0.15, -0.1) is 10.2 Å². The van der Waals surface area contributed by atoms with Crippen LogP contribution in [-0.2, 0) is 33.0 Å². The SMILES string of the molecule is F[PH+](F)F.F[PH+](F)F.F[PH+](F)F.F[PH+](F)F.F[PH+](F)F.F[PH+](F)F.F[PH+](F)NCCN[PH+](F)F.[Ni].[Ni]. The molecular weight excluding hydrogens is 835 g/mol. The fourth-order valence-corrected chi connectivity index (χ4v) is 0.942. The quantitative estimate of drug-likeness (QED) is 0.125. The van der Waals surface area contributed by atoms with E-state index in [9.17, 15) is 92.3 Å². The summed E-state index contributed by atoms with van der Waals surface area (Å²) in [5.41, 5.74) is 0. The van der Waals surface area contributed by atoms with E-state index in [0.717, 1.165) is 0 Å². The van der Waals surface area contributed by atoms with Crippen molar-refractivity contribution in [2.24, 2.45) is 0 Å². The molecule has 0 bridgehead atoms. The normalized spacial score (nSPS) is 9.17. The van der Waals surface area contributed by atoms with Crippen molar-refractivity contribution in [2.45, 2.75) is 0 Å². The van der Waals surface area contributed by atoms with Crippen LogP contribution in [0.15, 0.2) is 0 Å². The first kappa shape index (κ1) is 62.4. The summed E-state index contributed by atoms with van der Waals surface area (Å²) >= 11 is 0. The molecule has 0 radical (unpaired) electrons. The molecule has 0 aliphatic carbocycles. The Morgan fingerprint density at radius 1 is 0.278 bits per heavy atom. The molecule has 0 aromatic rings. The zero-order chi connectivity index (χ0) is 29.4. The Labute approximate surface area is 219 Å². The predicted octanol–water partition coefficient (Wildman–Crippen LogP) is 13.1. The van der Waals surface area contributed by atoms with E-state index in [4.69, 9.17) is 0 Å². The maximum absolute atomic E-state index is 11.3. The van der Waals surface area contributed by atoms with Gasteiger partial charge >= 0.3 is 70.5 Å². The van der Waals surface area contributed by atoms with Crippen LogP contribution in [0.5, 0.6) is 0 Å². The van der Waals surface area contributed by atoms with Crippen LogP contribution in [0.1, 0.15) is 0 Å². The third kappa shape index (κ3) is 491. The topological polar surface area (TPSA) is 24.1 Å². The van der Waals surface area contributed by atoms with E-state index in [2.05, 4.69) is 0 Å². The van der Waals surface area contributed by atoms with Crippen LogP contribution >= 0.6 is 70.5 Å². The Morgan fingerprint density at radius 3 is 0.417 bits per heavy atom. The third-order valence-corrected chi connectivity index (χ3v) is 1.68. The third-order valence-electron chi connectivity index (χ3n) is 0.642. The van der Waals surface area contributed by atoms with Crippen molar-refractivity contribution in [1.29, 1.82) is 0 Å². The molecule has 36 heavy (non-hydrogen) atoms. The summed E-state index contributed by atoms with van der Waals surface area (Å²) in [6.07, 6.45) is 0. The Kier molecular flexibility index (Phi) is 93.6. The van der Waals surface area contributed by atoms with Gasteiger partial charge in [0.15, 0.2) is 0 Å². The second-order valence-electron chi connectivity index (χ2n) is 2.66. The summed E-state index contributed by atoms with van der Waals surface area (Å²) in [4.78, 5) is 0. The first-order valence-electron chi connectivity index (χ1n) is 5.86. The molecule has 2 nitrogen and oxygen atoms in total. The van der Waals surface area contributed by atoms with Crippen molar-refractivity contribution in [1.82, 2.24) is 10.2 Å². The molecule has 0 amide bonds. The van der Waals surface area contributed by atoms with E-state index in [-0.39, 0.29) is 46.1 Å². The van der Waals surface area contributed by atoms with E-state index < -0.39 is 70.5 Å². The molecule has 2 N–H and O–H groups in total. The van der Waals surface area contributed by atoms with Crippen molar-refractivity contribution in [2.75, 3.05) is 13.1 Å². The first-order valence-corrected chi connectivity index (χ1v) is 15.2. The summed E-state index contributed by atoms with van der Waals surface area (Å²) in [6, 6.07) is 0. The van der Waals surface area contributed by atoms with Crippen molar-refractivity contribution < 1.29 is 125 Å². The fraction of sp³-hybridized carbons (Fsp3) is 1.00. The molecule has 0 unspecified atom stereocenters. The van der Waals surface area contributed by atoms with Crippen LogP contribution in [-0.4, -0.2) is 13.1 Å². The zero-order valence-electron chi connectivity index (χ0n) is 15.4. The van der Waals surface area contributed by atoms with Crippen molar-refractivity contribution in [3.05, 3.63) is 0 Å². The largest absolute Gasteiger partial charge is 0.558 e. The maximum Gasteiger partial charge on any atom is 0.558 e. The fourth-order valence-electron chi connectivity index (χ4n) is 0.314.